The zero-order valence-electron chi connectivity index (χ0n) is 11.6. The summed E-state index contributed by atoms with van der Waals surface area (Å²) < 4.78 is 0. The maximum Gasteiger partial charge on any atom is 0.227 e. The molecule has 19 heavy (non-hydrogen) atoms. The Balaban J connectivity index is 1.94. The highest BCUT2D eigenvalue weighted by Gasteiger charge is 2.39. The van der Waals surface area contributed by atoms with Crippen molar-refractivity contribution < 1.29 is 4.79 Å². The molecular weight excluding hydrogens is 238 g/mol. The maximum atomic E-state index is 12.4. The van der Waals surface area contributed by atoms with E-state index in [1.165, 1.54) is 0 Å². The molecule has 1 aromatic rings. The fourth-order valence-electron chi connectivity index (χ4n) is 2.71. The van der Waals surface area contributed by atoms with E-state index in [0.29, 0.717) is 19.0 Å². The molecule has 1 saturated carbocycles. The van der Waals surface area contributed by atoms with Crippen LogP contribution in [-0.2, 0) is 11.3 Å². The standard InChI is InChI=1S/C15H23N3O/c1-12-2-6-15(11-16,7-3-12)14(19)18-10-13-4-8-17-9-5-13/h4-5,8-9,12H,2-3,6-7,10-11,16H2,1H3,(H,18,19). The van der Waals surface area contributed by atoms with Gasteiger partial charge in [0.15, 0.2) is 0 Å². The zero-order chi connectivity index (χ0) is 13.7. The van der Waals surface area contributed by atoms with E-state index in [1.54, 1.807) is 12.4 Å². The molecule has 1 heterocycles. The van der Waals surface area contributed by atoms with Crippen LogP contribution >= 0.6 is 0 Å². The molecule has 0 spiro atoms. The highest BCUT2D eigenvalue weighted by atomic mass is 16.2. The molecule has 1 aliphatic carbocycles. The summed E-state index contributed by atoms with van der Waals surface area (Å²) in [6.45, 7) is 3.25. The second kappa shape index (κ2) is 6.15. The monoisotopic (exact) mass is 261 g/mol. The predicted octanol–water partition coefficient (Wildman–Crippen LogP) is 1.85. The van der Waals surface area contributed by atoms with Gasteiger partial charge in [-0.1, -0.05) is 6.92 Å². The third-order valence-electron chi connectivity index (χ3n) is 4.31. The summed E-state index contributed by atoms with van der Waals surface area (Å²) in [6, 6.07) is 3.83. The van der Waals surface area contributed by atoms with Crippen LogP contribution in [0, 0.1) is 11.3 Å². The lowest BCUT2D eigenvalue weighted by Gasteiger charge is -2.37. The van der Waals surface area contributed by atoms with Gasteiger partial charge < -0.3 is 11.1 Å². The quantitative estimate of drug-likeness (QED) is 0.869. The van der Waals surface area contributed by atoms with Gasteiger partial charge in [-0.2, -0.15) is 0 Å². The first-order valence-corrected chi connectivity index (χ1v) is 7.03. The second-order valence-electron chi connectivity index (χ2n) is 5.71. The lowest BCUT2D eigenvalue weighted by Crippen LogP contribution is -2.47. The molecule has 0 unspecified atom stereocenters. The molecule has 0 aliphatic heterocycles. The molecular formula is C15H23N3O. The Morgan fingerprint density at radius 3 is 2.63 bits per heavy atom. The van der Waals surface area contributed by atoms with Crippen LogP contribution in [0.2, 0.25) is 0 Å². The SMILES string of the molecule is CC1CCC(CN)(C(=O)NCc2ccncc2)CC1. The summed E-state index contributed by atoms with van der Waals surface area (Å²) in [5.41, 5.74) is 6.60. The number of carbonyl (C=O) groups excluding carboxylic acids is 1. The van der Waals surface area contributed by atoms with Crippen LogP contribution in [0.25, 0.3) is 0 Å². The lowest BCUT2D eigenvalue weighted by molar-refractivity contribution is -0.133. The molecule has 1 aliphatic rings. The fraction of sp³-hybridized carbons (Fsp3) is 0.600. The third-order valence-corrected chi connectivity index (χ3v) is 4.31. The molecule has 0 aromatic carbocycles. The van der Waals surface area contributed by atoms with E-state index < -0.39 is 0 Å². The Morgan fingerprint density at radius 2 is 2.05 bits per heavy atom. The summed E-state index contributed by atoms with van der Waals surface area (Å²) in [6.07, 6.45) is 7.49. The minimum absolute atomic E-state index is 0.110. The van der Waals surface area contributed by atoms with Crippen molar-refractivity contribution in [3.8, 4) is 0 Å². The van der Waals surface area contributed by atoms with Gasteiger partial charge in [0.25, 0.3) is 0 Å². The van der Waals surface area contributed by atoms with Gasteiger partial charge in [0.2, 0.25) is 5.91 Å². The van der Waals surface area contributed by atoms with Gasteiger partial charge in [0.05, 0.1) is 5.41 Å². The van der Waals surface area contributed by atoms with Gasteiger partial charge in [-0.3, -0.25) is 9.78 Å². The summed E-state index contributed by atoms with van der Waals surface area (Å²) >= 11 is 0. The van der Waals surface area contributed by atoms with Crippen LogP contribution in [0.3, 0.4) is 0 Å². The molecule has 0 atom stereocenters. The Hall–Kier alpha value is -1.42. The predicted molar refractivity (Wildman–Crippen MR) is 75.2 cm³/mol. The summed E-state index contributed by atoms with van der Waals surface area (Å²) in [5, 5.41) is 3.03. The van der Waals surface area contributed by atoms with Crippen LogP contribution < -0.4 is 11.1 Å². The number of aromatic nitrogens is 1. The van der Waals surface area contributed by atoms with Crippen molar-refractivity contribution in [2.24, 2.45) is 17.1 Å². The largest absolute Gasteiger partial charge is 0.352 e. The Morgan fingerprint density at radius 1 is 1.42 bits per heavy atom. The van der Waals surface area contributed by atoms with E-state index in [4.69, 9.17) is 5.73 Å². The van der Waals surface area contributed by atoms with Crippen molar-refractivity contribution in [1.82, 2.24) is 10.3 Å². The molecule has 2 rings (SSSR count). The molecule has 0 radical (unpaired) electrons. The second-order valence-corrected chi connectivity index (χ2v) is 5.71. The Kier molecular flexibility index (Phi) is 4.53. The van der Waals surface area contributed by atoms with Crippen molar-refractivity contribution in [2.75, 3.05) is 6.54 Å². The number of nitrogens with two attached hydrogens (primary N) is 1. The van der Waals surface area contributed by atoms with Crippen LogP contribution in [0.15, 0.2) is 24.5 Å². The smallest absolute Gasteiger partial charge is 0.227 e. The van der Waals surface area contributed by atoms with E-state index in [2.05, 4.69) is 17.2 Å². The number of nitrogens with zero attached hydrogens (tertiary/aromatic N) is 1. The number of pyridine rings is 1. The normalized spacial score (nSPS) is 26.9. The number of hydrogen-bond donors (Lipinski definition) is 2. The zero-order valence-corrected chi connectivity index (χ0v) is 11.6. The fourth-order valence-corrected chi connectivity index (χ4v) is 2.71. The molecule has 4 nitrogen and oxygen atoms in total. The van der Waals surface area contributed by atoms with E-state index in [1.807, 2.05) is 12.1 Å². The van der Waals surface area contributed by atoms with Crippen molar-refractivity contribution in [1.29, 1.82) is 0 Å². The van der Waals surface area contributed by atoms with Gasteiger partial charge in [-0.05, 0) is 49.3 Å². The van der Waals surface area contributed by atoms with Crippen LogP contribution in [0.1, 0.15) is 38.2 Å². The molecule has 1 fully saturated rings. The lowest BCUT2D eigenvalue weighted by atomic mass is 9.70. The highest BCUT2D eigenvalue weighted by molar-refractivity contribution is 5.83. The van der Waals surface area contributed by atoms with E-state index in [9.17, 15) is 4.79 Å². The summed E-state index contributed by atoms with van der Waals surface area (Å²) in [5.74, 6) is 0.825. The maximum absolute atomic E-state index is 12.4. The minimum atomic E-state index is -0.348. The number of rotatable bonds is 4. The molecule has 1 amide bonds. The molecule has 1 aromatic heterocycles. The molecule has 0 bridgehead atoms. The highest BCUT2D eigenvalue weighted by Crippen LogP contribution is 2.38. The van der Waals surface area contributed by atoms with Gasteiger partial charge in [0, 0.05) is 25.5 Å². The van der Waals surface area contributed by atoms with Crippen LogP contribution in [0.5, 0.6) is 0 Å². The van der Waals surface area contributed by atoms with Crippen molar-refractivity contribution in [3.63, 3.8) is 0 Å². The average molecular weight is 261 g/mol. The van der Waals surface area contributed by atoms with Crippen molar-refractivity contribution in [3.05, 3.63) is 30.1 Å². The minimum Gasteiger partial charge on any atom is -0.352 e. The Bertz CT molecular complexity index is 411. The molecule has 4 heteroatoms. The van der Waals surface area contributed by atoms with E-state index >= 15 is 0 Å². The van der Waals surface area contributed by atoms with Crippen molar-refractivity contribution in [2.45, 2.75) is 39.2 Å². The molecule has 0 saturated heterocycles. The number of amides is 1. The van der Waals surface area contributed by atoms with E-state index in [0.717, 1.165) is 31.2 Å². The number of carbonyl (C=O) groups is 1. The first-order chi connectivity index (χ1) is 9.16. The first-order valence-electron chi connectivity index (χ1n) is 7.03. The van der Waals surface area contributed by atoms with Gasteiger partial charge >= 0.3 is 0 Å². The van der Waals surface area contributed by atoms with Crippen LogP contribution in [0.4, 0.5) is 0 Å². The number of nitrogens with one attached hydrogen (secondary N) is 1. The Labute approximate surface area is 114 Å². The van der Waals surface area contributed by atoms with E-state index in [-0.39, 0.29) is 11.3 Å². The first kappa shape index (κ1) is 14.0. The van der Waals surface area contributed by atoms with Gasteiger partial charge in [0.1, 0.15) is 0 Å². The molecule has 104 valence electrons. The van der Waals surface area contributed by atoms with Gasteiger partial charge in [-0.15, -0.1) is 0 Å². The van der Waals surface area contributed by atoms with Crippen molar-refractivity contribution >= 4 is 5.91 Å². The van der Waals surface area contributed by atoms with Gasteiger partial charge in [-0.25, -0.2) is 0 Å². The summed E-state index contributed by atoms with van der Waals surface area (Å²) in [7, 11) is 0. The summed E-state index contributed by atoms with van der Waals surface area (Å²) in [4.78, 5) is 16.4. The van der Waals surface area contributed by atoms with Crippen LogP contribution in [-0.4, -0.2) is 17.4 Å². The average Bonchev–Trinajstić information content (AvgIpc) is 2.47. The topological polar surface area (TPSA) is 68.0 Å². The molecule has 3 N–H and O–H groups in total. The number of hydrogen-bond acceptors (Lipinski definition) is 3. The third kappa shape index (κ3) is 3.32.